The van der Waals surface area contributed by atoms with Gasteiger partial charge in [0.2, 0.25) is 0 Å². The molecule has 0 unspecified atom stereocenters. The van der Waals surface area contributed by atoms with Gasteiger partial charge < -0.3 is 14.8 Å². The topological polar surface area (TPSA) is 74.1 Å². The number of methoxy groups -OCH3 is 2. The van der Waals surface area contributed by atoms with Crippen LogP contribution in [0.3, 0.4) is 0 Å². The van der Waals surface area contributed by atoms with Crippen LogP contribution < -0.4 is 14.8 Å². The van der Waals surface area contributed by atoms with Crippen molar-refractivity contribution in [3.05, 3.63) is 24.0 Å². The number of hydrogen-bond acceptors (Lipinski definition) is 6. The lowest BCUT2D eigenvalue weighted by atomic mass is 10.2. The molecule has 0 saturated heterocycles. The summed E-state index contributed by atoms with van der Waals surface area (Å²) in [5.41, 5.74) is 0.762. The maximum atomic E-state index is 5.34. The summed E-state index contributed by atoms with van der Waals surface area (Å²) in [5, 5.41) is 14.8. The summed E-state index contributed by atoms with van der Waals surface area (Å²) in [6, 6.07) is 5.51. The second kappa shape index (κ2) is 6.14. The van der Waals surface area contributed by atoms with E-state index in [9.17, 15) is 0 Å². The highest BCUT2D eigenvalue weighted by molar-refractivity contribution is 5.51. The van der Waals surface area contributed by atoms with Gasteiger partial charge in [-0.3, -0.25) is 0 Å². The molecule has 0 aliphatic carbocycles. The van der Waals surface area contributed by atoms with E-state index < -0.39 is 0 Å². The fourth-order valence-electron chi connectivity index (χ4n) is 1.75. The highest BCUT2D eigenvalue weighted by atomic mass is 16.5. The van der Waals surface area contributed by atoms with Crippen LogP contribution in [0.25, 0.3) is 5.69 Å². The molecule has 1 N–H and O–H groups in total. The SMILES string of the molecule is CNCCc1nnnn1-c1cc(OC)ccc1OC. The van der Waals surface area contributed by atoms with E-state index in [0.29, 0.717) is 5.75 Å². The minimum atomic E-state index is 0.693. The third-order valence-corrected chi connectivity index (χ3v) is 2.75. The summed E-state index contributed by atoms with van der Waals surface area (Å²) in [4.78, 5) is 0. The molecule has 0 radical (unpaired) electrons. The maximum Gasteiger partial charge on any atom is 0.158 e. The van der Waals surface area contributed by atoms with Gasteiger partial charge in [0.1, 0.15) is 17.2 Å². The van der Waals surface area contributed by atoms with Crippen LogP contribution in [0, 0.1) is 0 Å². The second-order valence-corrected chi connectivity index (χ2v) is 3.90. The standard InChI is InChI=1S/C12H17N5O2/c1-13-7-6-12-14-15-16-17(12)10-8-9(18-2)4-5-11(10)19-3/h4-5,8,13H,6-7H2,1-3H3. The third-order valence-electron chi connectivity index (χ3n) is 2.75. The summed E-state index contributed by atoms with van der Waals surface area (Å²) in [5.74, 6) is 2.19. The molecule has 0 aliphatic heterocycles. The van der Waals surface area contributed by atoms with Gasteiger partial charge >= 0.3 is 0 Å². The van der Waals surface area contributed by atoms with Crippen molar-refractivity contribution in [3.8, 4) is 17.2 Å². The van der Waals surface area contributed by atoms with Crippen LogP contribution in [0.2, 0.25) is 0 Å². The van der Waals surface area contributed by atoms with Crippen molar-refractivity contribution in [1.82, 2.24) is 25.5 Å². The molecule has 0 bridgehead atoms. The van der Waals surface area contributed by atoms with Crippen molar-refractivity contribution in [2.75, 3.05) is 27.8 Å². The molecule has 0 amide bonds. The van der Waals surface area contributed by atoms with Gasteiger partial charge in [-0.1, -0.05) is 0 Å². The smallest absolute Gasteiger partial charge is 0.158 e. The van der Waals surface area contributed by atoms with E-state index in [2.05, 4.69) is 20.8 Å². The molecule has 0 saturated carbocycles. The molecule has 7 nitrogen and oxygen atoms in total. The predicted molar refractivity (Wildman–Crippen MR) is 69.9 cm³/mol. The molecule has 1 aromatic heterocycles. The molecule has 2 aromatic rings. The molecule has 0 spiro atoms. The van der Waals surface area contributed by atoms with Gasteiger partial charge in [0.05, 0.1) is 14.2 Å². The minimum absolute atomic E-state index is 0.693. The molecule has 7 heteroatoms. The molecule has 1 aromatic carbocycles. The van der Waals surface area contributed by atoms with Crippen LogP contribution in [0.5, 0.6) is 11.5 Å². The normalized spacial score (nSPS) is 10.5. The molecule has 19 heavy (non-hydrogen) atoms. The van der Waals surface area contributed by atoms with Gasteiger partial charge in [-0.25, -0.2) is 0 Å². The first-order chi connectivity index (χ1) is 9.30. The zero-order valence-electron chi connectivity index (χ0n) is 11.3. The van der Waals surface area contributed by atoms with E-state index in [1.165, 1.54) is 0 Å². The van der Waals surface area contributed by atoms with Crippen molar-refractivity contribution >= 4 is 0 Å². The van der Waals surface area contributed by atoms with Gasteiger partial charge in [0.25, 0.3) is 0 Å². The van der Waals surface area contributed by atoms with E-state index >= 15 is 0 Å². The van der Waals surface area contributed by atoms with Crippen LogP contribution in [0.4, 0.5) is 0 Å². The number of likely N-dealkylation sites (N-methyl/N-ethyl adjacent to an activating group) is 1. The van der Waals surface area contributed by atoms with E-state index in [4.69, 9.17) is 9.47 Å². The first-order valence-electron chi connectivity index (χ1n) is 5.94. The summed E-state index contributed by atoms with van der Waals surface area (Å²) in [7, 11) is 5.12. The van der Waals surface area contributed by atoms with Crippen molar-refractivity contribution < 1.29 is 9.47 Å². The van der Waals surface area contributed by atoms with Crippen molar-refractivity contribution in [3.63, 3.8) is 0 Å². The number of tetrazole rings is 1. The predicted octanol–water partition coefficient (Wildman–Crippen LogP) is 0.441. The zero-order valence-corrected chi connectivity index (χ0v) is 11.3. The average Bonchev–Trinajstić information content (AvgIpc) is 2.92. The first kappa shape index (κ1) is 13.3. The largest absolute Gasteiger partial charge is 0.497 e. The zero-order chi connectivity index (χ0) is 13.7. The van der Waals surface area contributed by atoms with E-state index in [1.54, 1.807) is 18.9 Å². The molecule has 0 fully saturated rings. The number of nitrogens with one attached hydrogen (secondary N) is 1. The van der Waals surface area contributed by atoms with Crippen molar-refractivity contribution in [2.45, 2.75) is 6.42 Å². The molecule has 2 rings (SSSR count). The molecular formula is C12H17N5O2. The fraction of sp³-hybridized carbons (Fsp3) is 0.417. The van der Waals surface area contributed by atoms with Gasteiger partial charge in [-0.2, -0.15) is 4.68 Å². The van der Waals surface area contributed by atoms with Crippen LogP contribution in [0.15, 0.2) is 18.2 Å². The summed E-state index contributed by atoms with van der Waals surface area (Å²) < 4.78 is 12.2. The maximum absolute atomic E-state index is 5.34. The van der Waals surface area contributed by atoms with E-state index in [1.807, 2.05) is 25.2 Å². The number of rotatable bonds is 6. The fourth-order valence-corrected chi connectivity index (χ4v) is 1.75. The minimum Gasteiger partial charge on any atom is -0.497 e. The lowest BCUT2D eigenvalue weighted by Gasteiger charge is -2.11. The molecular weight excluding hydrogens is 246 g/mol. The van der Waals surface area contributed by atoms with Gasteiger partial charge in [-0.15, -0.1) is 5.10 Å². The van der Waals surface area contributed by atoms with Gasteiger partial charge in [0, 0.05) is 19.0 Å². The van der Waals surface area contributed by atoms with Gasteiger partial charge in [0.15, 0.2) is 5.82 Å². The Labute approximate surface area is 111 Å². The first-order valence-corrected chi connectivity index (χ1v) is 5.94. The third kappa shape index (κ3) is 2.82. The summed E-state index contributed by atoms with van der Waals surface area (Å²) in [6.45, 7) is 0.798. The van der Waals surface area contributed by atoms with Crippen molar-refractivity contribution in [1.29, 1.82) is 0 Å². The average molecular weight is 263 g/mol. The molecule has 0 aliphatic rings. The van der Waals surface area contributed by atoms with Crippen LogP contribution in [-0.4, -0.2) is 48.0 Å². The Balaban J connectivity index is 2.42. The quantitative estimate of drug-likeness (QED) is 0.815. The lowest BCUT2D eigenvalue weighted by Crippen LogP contribution is -2.14. The summed E-state index contributed by atoms with van der Waals surface area (Å²) >= 11 is 0. The Bertz CT molecular complexity index is 541. The van der Waals surface area contributed by atoms with Crippen LogP contribution in [-0.2, 0) is 6.42 Å². The number of benzene rings is 1. The Hall–Kier alpha value is -2.15. The van der Waals surface area contributed by atoms with Crippen LogP contribution >= 0.6 is 0 Å². The van der Waals surface area contributed by atoms with Crippen LogP contribution in [0.1, 0.15) is 5.82 Å². The highest BCUT2D eigenvalue weighted by Gasteiger charge is 2.13. The monoisotopic (exact) mass is 263 g/mol. The molecule has 102 valence electrons. The number of ether oxygens (including phenoxy) is 2. The second-order valence-electron chi connectivity index (χ2n) is 3.90. The lowest BCUT2D eigenvalue weighted by molar-refractivity contribution is 0.400. The number of nitrogens with zero attached hydrogens (tertiary/aromatic N) is 4. The highest BCUT2D eigenvalue weighted by Crippen LogP contribution is 2.27. The Kier molecular flexibility index (Phi) is 4.30. The number of aromatic nitrogens is 4. The molecule has 1 heterocycles. The van der Waals surface area contributed by atoms with Gasteiger partial charge in [-0.05, 0) is 29.6 Å². The Morgan fingerprint density at radius 2 is 2.11 bits per heavy atom. The van der Waals surface area contributed by atoms with Crippen molar-refractivity contribution in [2.24, 2.45) is 0 Å². The number of hydrogen-bond donors (Lipinski definition) is 1. The summed E-state index contributed by atoms with van der Waals surface area (Å²) in [6.07, 6.45) is 0.726. The molecule has 0 atom stereocenters. The van der Waals surface area contributed by atoms with E-state index in [0.717, 1.165) is 30.2 Å². The Morgan fingerprint density at radius 1 is 1.26 bits per heavy atom. The Morgan fingerprint density at radius 3 is 2.79 bits per heavy atom. The van der Waals surface area contributed by atoms with E-state index in [-0.39, 0.29) is 0 Å².